The highest BCUT2D eigenvalue weighted by Crippen LogP contribution is 2.20. The number of nitrogens with zero attached hydrogens (tertiary/aromatic N) is 2. The Kier molecular flexibility index (Phi) is 3.60. The Balaban J connectivity index is 3.09. The van der Waals surface area contributed by atoms with Crippen LogP contribution < -0.4 is 10.6 Å². The van der Waals surface area contributed by atoms with E-state index in [1.54, 1.807) is 31.1 Å². The Hall–Kier alpha value is -1.78. The van der Waals surface area contributed by atoms with E-state index in [0.29, 0.717) is 17.2 Å². The minimum absolute atomic E-state index is 0.376. The van der Waals surface area contributed by atoms with E-state index in [2.05, 4.69) is 4.98 Å². The Labute approximate surface area is 102 Å². The second kappa shape index (κ2) is 4.61. The van der Waals surface area contributed by atoms with E-state index in [9.17, 15) is 4.79 Å². The molecule has 5 nitrogen and oxygen atoms in total. The summed E-state index contributed by atoms with van der Waals surface area (Å²) in [6.07, 6.45) is 0. The van der Waals surface area contributed by atoms with Crippen LogP contribution in [0.4, 0.5) is 11.6 Å². The molecule has 0 saturated carbocycles. The minimum atomic E-state index is -0.526. The molecule has 2 N–H and O–H groups in total. The fourth-order valence-corrected chi connectivity index (χ4v) is 1.30. The number of aromatic nitrogens is 1. The third-order valence-corrected chi connectivity index (χ3v) is 1.94. The van der Waals surface area contributed by atoms with Crippen molar-refractivity contribution in [1.82, 2.24) is 4.98 Å². The highest BCUT2D eigenvalue weighted by Gasteiger charge is 2.21. The first-order valence-electron chi connectivity index (χ1n) is 5.38. The molecule has 0 radical (unpaired) electrons. The smallest absolute Gasteiger partial charge is 0.342 e. The number of hydrogen-bond donors (Lipinski definition) is 1. The van der Waals surface area contributed by atoms with Crippen molar-refractivity contribution >= 4 is 17.6 Å². The molecular weight excluding hydrogens is 218 g/mol. The van der Waals surface area contributed by atoms with Gasteiger partial charge in [0.2, 0.25) is 0 Å². The summed E-state index contributed by atoms with van der Waals surface area (Å²) >= 11 is 0. The topological polar surface area (TPSA) is 68.5 Å². The van der Waals surface area contributed by atoms with E-state index >= 15 is 0 Å². The van der Waals surface area contributed by atoms with Crippen LogP contribution >= 0.6 is 0 Å². The van der Waals surface area contributed by atoms with Gasteiger partial charge in [-0.1, -0.05) is 0 Å². The van der Waals surface area contributed by atoms with Gasteiger partial charge in [-0.2, -0.15) is 0 Å². The quantitative estimate of drug-likeness (QED) is 0.793. The first-order chi connectivity index (χ1) is 7.70. The zero-order chi connectivity index (χ0) is 13.2. The van der Waals surface area contributed by atoms with Crippen LogP contribution in [0.15, 0.2) is 12.1 Å². The molecule has 0 aliphatic rings. The van der Waals surface area contributed by atoms with Gasteiger partial charge in [0.1, 0.15) is 22.8 Å². The van der Waals surface area contributed by atoms with Gasteiger partial charge >= 0.3 is 5.97 Å². The van der Waals surface area contributed by atoms with Crippen molar-refractivity contribution in [2.75, 3.05) is 24.7 Å². The standard InChI is InChI=1S/C12H19N3O2/c1-12(2,3)17-11(16)8-6-7-9(13)14-10(8)15(4)5/h6-7H,1-5H3,(H2,13,14). The Bertz CT molecular complexity index is 422. The van der Waals surface area contributed by atoms with Gasteiger partial charge in [0.25, 0.3) is 0 Å². The van der Waals surface area contributed by atoms with Gasteiger partial charge in [-0.15, -0.1) is 0 Å². The van der Waals surface area contributed by atoms with Gasteiger partial charge in [0.05, 0.1) is 0 Å². The summed E-state index contributed by atoms with van der Waals surface area (Å²) in [5, 5.41) is 0. The zero-order valence-electron chi connectivity index (χ0n) is 10.9. The lowest BCUT2D eigenvalue weighted by Gasteiger charge is -2.22. The third kappa shape index (κ3) is 3.62. The van der Waals surface area contributed by atoms with Crippen molar-refractivity contribution in [3.05, 3.63) is 17.7 Å². The monoisotopic (exact) mass is 237 g/mol. The van der Waals surface area contributed by atoms with E-state index in [1.807, 2.05) is 20.8 Å². The number of esters is 1. The van der Waals surface area contributed by atoms with Gasteiger partial charge in [0.15, 0.2) is 0 Å². The molecule has 94 valence electrons. The van der Waals surface area contributed by atoms with Crippen LogP contribution in [0.25, 0.3) is 0 Å². The lowest BCUT2D eigenvalue weighted by molar-refractivity contribution is 0.00700. The van der Waals surface area contributed by atoms with Gasteiger partial charge < -0.3 is 15.4 Å². The average molecular weight is 237 g/mol. The summed E-state index contributed by atoms with van der Waals surface area (Å²) in [5.74, 6) is 0.494. The van der Waals surface area contributed by atoms with Crippen LogP contribution in [0, 0.1) is 0 Å². The maximum Gasteiger partial charge on any atom is 0.342 e. The number of carbonyl (C=O) groups is 1. The van der Waals surface area contributed by atoms with E-state index in [4.69, 9.17) is 10.5 Å². The van der Waals surface area contributed by atoms with Crippen LogP contribution in [0.3, 0.4) is 0 Å². The summed E-state index contributed by atoms with van der Waals surface area (Å²) in [4.78, 5) is 17.8. The molecule has 0 amide bonds. The van der Waals surface area contributed by atoms with Crippen LogP contribution in [-0.4, -0.2) is 30.6 Å². The van der Waals surface area contributed by atoms with Crippen molar-refractivity contribution in [1.29, 1.82) is 0 Å². The molecule has 1 aromatic heterocycles. The second-order valence-electron chi connectivity index (χ2n) is 5.00. The fraction of sp³-hybridized carbons (Fsp3) is 0.500. The van der Waals surface area contributed by atoms with Crippen LogP contribution in [0.5, 0.6) is 0 Å². The van der Waals surface area contributed by atoms with Crippen LogP contribution in [0.1, 0.15) is 31.1 Å². The Morgan fingerprint density at radius 1 is 1.35 bits per heavy atom. The Morgan fingerprint density at radius 3 is 2.41 bits per heavy atom. The van der Waals surface area contributed by atoms with E-state index in [1.165, 1.54) is 0 Å². The summed E-state index contributed by atoms with van der Waals surface area (Å²) in [7, 11) is 3.60. The number of anilines is 2. The molecule has 1 aromatic rings. The van der Waals surface area contributed by atoms with Crippen molar-refractivity contribution in [3.63, 3.8) is 0 Å². The number of rotatable bonds is 2. The van der Waals surface area contributed by atoms with Gasteiger partial charge in [-0.05, 0) is 32.9 Å². The number of carbonyl (C=O) groups excluding carboxylic acids is 1. The maximum atomic E-state index is 12.0. The van der Waals surface area contributed by atoms with Gasteiger partial charge in [-0.3, -0.25) is 0 Å². The molecule has 0 saturated heterocycles. The molecule has 0 aromatic carbocycles. The lowest BCUT2D eigenvalue weighted by atomic mass is 10.2. The molecule has 0 unspecified atom stereocenters. The first kappa shape index (κ1) is 13.3. The van der Waals surface area contributed by atoms with Crippen molar-refractivity contribution < 1.29 is 9.53 Å². The largest absolute Gasteiger partial charge is 0.456 e. The lowest BCUT2D eigenvalue weighted by Crippen LogP contribution is -2.26. The normalized spacial score (nSPS) is 11.1. The maximum absolute atomic E-state index is 12.0. The van der Waals surface area contributed by atoms with Crippen LogP contribution in [-0.2, 0) is 4.74 Å². The summed E-state index contributed by atoms with van der Waals surface area (Å²) < 4.78 is 5.31. The van der Waals surface area contributed by atoms with Crippen molar-refractivity contribution in [2.45, 2.75) is 26.4 Å². The van der Waals surface area contributed by atoms with Crippen LogP contribution in [0.2, 0.25) is 0 Å². The number of nitrogens with two attached hydrogens (primary N) is 1. The SMILES string of the molecule is CN(C)c1nc(N)ccc1C(=O)OC(C)(C)C. The van der Waals surface area contributed by atoms with Crippen molar-refractivity contribution in [2.24, 2.45) is 0 Å². The molecule has 0 aliphatic carbocycles. The van der Waals surface area contributed by atoms with Gasteiger partial charge in [0, 0.05) is 14.1 Å². The fourth-order valence-electron chi connectivity index (χ4n) is 1.30. The molecule has 0 spiro atoms. The average Bonchev–Trinajstić information content (AvgIpc) is 2.14. The predicted molar refractivity (Wildman–Crippen MR) is 68.1 cm³/mol. The first-order valence-corrected chi connectivity index (χ1v) is 5.38. The highest BCUT2D eigenvalue weighted by molar-refractivity contribution is 5.95. The molecular formula is C12H19N3O2. The number of nitrogen functional groups attached to an aromatic ring is 1. The van der Waals surface area contributed by atoms with Gasteiger partial charge in [-0.25, -0.2) is 9.78 Å². The molecule has 17 heavy (non-hydrogen) atoms. The predicted octanol–water partition coefficient (Wildman–Crippen LogP) is 1.69. The summed E-state index contributed by atoms with van der Waals surface area (Å²) in [5.41, 5.74) is 5.49. The third-order valence-electron chi connectivity index (χ3n) is 1.94. The molecule has 1 rings (SSSR count). The number of ether oxygens (including phenoxy) is 1. The molecule has 1 heterocycles. The number of pyridine rings is 1. The molecule has 5 heteroatoms. The molecule has 0 fully saturated rings. The van der Waals surface area contributed by atoms with E-state index < -0.39 is 11.6 Å². The molecule has 0 aliphatic heterocycles. The number of hydrogen-bond acceptors (Lipinski definition) is 5. The second-order valence-corrected chi connectivity index (χ2v) is 5.00. The van der Waals surface area contributed by atoms with E-state index in [-0.39, 0.29) is 0 Å². The summed E-state index contributed by atoms with van der Waals surface area (Å²) in [6, 6.07) is 3.22. The molecule has 0 atom stereocenters. The minimum Gasteiger partial charge on any atom is -0.456 e. The zero-order valence-corrected chi connectivity index (χ0v) is 10.9. The van der Waals surface area contributed by atoms with Crippen molar-refractivity contribution in [3.8, 4) is 0 Å². The highest BCUT2D eigenvalue weighted by atomic mass is 16.6. The summed E-state index contributed by atoms with van der Waals surface area (Å²) in [6.45, 7) is 5.47. The van der Waals surface area contributed by atoms with E-state index in [0.717, 1.165) is 0 Å². The Morgan fingerprint density at radius 2 is 1.94 bits per heavy atom. The molecule has 0 bridgehead atoms.